The minimum atomic E-state index is -1.18. The van der Waals surface area contributed by atoms with Crippen molar-refractivity contribution in [3.8, 4) is 0 Å². The van der Waals surface area contributed by atoms with Gasteiger partial charge in [0.05, 0.1) is 11.3 Å². The first-order valence-corrected chi connectivity index (χ1v) is 9.73. The van der Waals surface area contributed by atoms with Crippen LogP contribution in [0.2, 0.25) is 5.02 Å². The Morgan fingerprint density at radius 2 is 1.68 bits per heavy atom. The topological polar surface area (TPSA) is 83.5 Å². The molecule has 28 heavy (non-hydrogen) atoms. The number of halogens is 1. The summed E-state index contributed by atoms with van der Waals surface area (Å²) in [6.45, 7) is 4.10. The van der Waals surface area contributed by atoms with Gasteiger partial charge in [0.2, 0.25) is 0 Å². The van der Waals surface area contributed by atoms with Gasteiger partial charge in [-0.25, -0.2) is 4.79 Å². The van der Waals surface area contributed by atoms with Gasteiger partial charge in [0.25, 0.3) is 5.91 Å². The van der Waals surface area contributed by atoms with Crippen LogP contribution in [0.25, 0.3) is 0 Å². The van der Waals surface area contributed by atoms with Gasteiger partial charge in [-0.2, -0.15) is 0 Å². The van der Waals surface area contributed by atoms with Crippen LogP contribution in [0.15, 0.2) is 42.5 Å². The van der Waals surface area contributed by atoms with Gasteiger partial charge in [-0.3, -0.25) is 9.59 Å². The summed E-state index contributed by atoms with van der Waals surface area (Å²) in [5, 5.41) is 12.1. The summed E-state index contributed by atoms with van der Waals surface area (Å²) < 4.78 is 0. The van der Waals surface area contributed by atoms with Crippen molar-refractivity contribution in [2.75, 3.05) is 5.32 Å². The highest BCUT2D eigenvalue weighted by Gasteiger charge is 2.19. The second-order valence-electron chi connectivity index (χ2n) is 6.64. The first kappa shape index (κ1) is 21.6. The maximum Gasteiger partial charge on any atom is 0.337 e. The summed E-state index contributed by atoms with van der Waals surface area (Å²) in [5.74, 6) is -1.56. The third kappa shape index (κ3) is 5.42. The van der Waals surface area contributed by atoms with Gasteiger partial charge in [-0.15, -0.1) is 0 Å². The summed E-state index contributed by atoms with van der Waals surface area (Å²) in [6.07, 6.45) is 3.71. The van der Waals surface area contributed by atoms with Gasteiger partial charge in [-0.05, 0) is 43.2 Å². The molecule has 5 nitrogen and oxygen atoms in total. The van der Waals surface area contributed by atoms with Crippen molar-refractivity contribution in [1.29, 1.82) is 0 Å². The van der Waals surface area contributed by atoms with Gasteiger partial charge in [0.1, 0.15) is 0 Å². The highest BCUT2D eigenvalue weighted by atomic mass is 35.5. The number of carbonyl (C=O) groups excluding carboxylic acids is 2. The van der Waals surface area contributed by atoms with Gasteiger partial charge in [-0.1, -0.05) is 50.4 Å². The number of nitrogens with one attached hydrogen (secondary N) is 1. The van der Waals surface area contributed by atoms with Crippen molar-refractivity contribution < 1.29 is 19.5 Å². The van der Waals surface area contributed by atoms with Crippen molar-refractivity contribution in [2.24, 2.45) is 5.92 Å². The third-order valence-corrected chi connectivity index (χ3v) is 4.90. The van der Waals surface area contributed by atoms with E-state index >= 15 is 0 Å². The fourth-order valence-corrected chi connectivity index (χ4v) is 3.16. The van der Waals surface area contributed by atoms with E-state index in [0.29, 0.717) is 11.1 Å². The van der Waals surface area contributed by atoms with Gasteiger partial charge >= 0.3 is 5.97 Å². The molecule has 0 saturated carbocycles. The van der Waals surface area contributed by atoms with Crippen LogP contribution in [0.4, 0.5) is 5.69 Å². The lowest BCUT2D eigenvalue weighted by atomic mass is 9.90. The largest absolute Gasteiger partial charge is 0.478 e. The number of carboxylic acid groups (broad SMARTS) is 1. The number of aromatic carboxylic acids is 1. The average Bonchev–Trinajstić information content (AvgIpc) is 2.69. The SMILES string of the molecule is CCCCC(CC)C(=O)c1ccc(C(=O)Nc2ccc(Cl)cc2C(=O)O)cc1. The zero-order valence-corrected chi connectivity index (χ0v) is 16.8. The molecule has 0 aliphatic carbocycles. The van der Waals surface area contributed by atoms with E-state index < -0.39 is 11.9 Å². The lowest BCUT2D eigenvalue weighted by molar-refractivity contribution is 0.0697. The molecule has 0 radical (unpaired) electrons. The molecule has 0 heterocycles. The molecule has 2 rings (SSSR count). The van der Waals surface area contributed by atoms with Gasteiger partial charge in [0.15, 0.2) is 5.78 Å². The molecule has 2 aromatic rings. The van der Waals surface area contributed by atoms with Crippen molar-refractivity contribution in [1.82, 2.24) is 0 Å². The van der Waals surface area contributed by atoms with E-state index in [9.17, 15) is 19.5 Å². The molecular formula is C22H24ClNO4. The van der Waals surface area contributed by atoms with Crippen LogP contribution in [0.3, 0.4) is 0 Å². The summed E-state index contributed by atoms with van der Waals surface area (Å²) in [4.78, 5) is 36.4. The van der Waals surface area contributed by atoms with Crippen molar-refractivity contribution >= 4 is 34.9 Å². The van der Waals surface area contributed by atoms with Gasteiger partial charge < -0.3 is 10.4 Å². The zero-order chi connectivity index (χ0) is 20.7. The molecule has 0 fully saturated rings. The monoisotopic (exact) mass is 401 g/mol. The smallest absolute Gasteiger partial charge is 0.337 e. The molecule has 0 spiro atoms. The van der Waals surface area contributed by atoms with Crippen LogP contribution in [0.1, 0.15) is 70.6 Å². The Labute approximate surface area is 169 Å². The molecule has 148 valence electrons. The quantitative estimate of drug-likeness (QED) is 0.528. The molecule has 1 amide bonds. The molecule has 6 heteroatoms. The number of amides is 1. The highest BCUT2D eigenvalue weighted by Crippen LogP contribution is 2.22. The Kier molecular flexibility index (Phi) is 7.76. The van der Waals surface area contributed by atoms with E-state index in [1.54, 1.807) is 24.3 Å². The van der Waals surface area contributed by atoms with Crippen molar-refractivity contribution in [3.05, 3.63) is 64.2 Å². The summed E-state index contributed by atoms with van der Waals surface area (Å²) in [7, 11) is 0. The molecule has 1 atom stereocenters. The molecule has 0 aliphatic heterocycles. The zero-order valence-electron chi connectivity index (χ0n) is 16.0. The first-order chi connectivity index (χ1) is 13.4. The van der Waals surface area contributed by atoms with Crippen LogP contribution in [0, 0.1) is 5.92 Å². The van der Waals surface area contributed by atoms with E-state index in [1.807, 2.05) is 6.92 Å². The minimum absolute atomic E-state index is 0.00758. The Morgan fingerprint density at radius 3 is 2.25 bits per heavy atom. The number of hydrogen-bond donors (Lipinski definition) is 2. The number of Topliss-reactive ketones (excluding diaryl/α,β-unsaturated/α-hetero) is 1. The van der Waals surface area contributed by atoms with E-state index in [2.05, 4.69) is 12.2 Å². The van der Waals surface area contributed by atoms with E-state index in [4.69, 9.17) is 11.6 Å². The predicted molar refractivity (Wildman–Crippen MR) is 110 cm³/mol. The number of anilines is 1. The molecule has 0 aromatic heterocycles. The number of benzene rings is 2. The lowest BCUT2D eigenvalue weighted by Crippen LogP contribution is -2.16. The fraction of sp³-hybridized carbons (Fsp3) is 0.318. The number of unbranched alkanes of at least 4 members (excludes halogenated alkanes) is 1. The third-order valence-electron chi connectivity index (χ3n) is 4.66. The molecule has 2 aromatic carbocycles. The van der Waals surface area contributed by atoms with E-state index in [0.717, 1.165) is 25.7 Å². The van der Waals surface area contributed by atoms with Crippen molar-refractivity contribution in [2.45, 2.75) is 39.5 Å². The van der Waals surface area contributed by atoms with Crippen LogP contribution >= 0.6 is 11.6 Å². The van der Waals surface area contributed by atoms with Crippen molar-refractivity contribution in [3.63, 3.8) is 0 Å². The molecule has 1 unspecified atom stereocenters. The Hall–Kier alpha value is -2.66. The second-order valence-corrected chi connectivity index (χ2v) is 7.07. The van der Waals surface area contributed by atoms with Crippen LogP contribution < -0.4 is 5.32 Å². The minimum Gasteiger partial charge on any atom is -0.478 e. The van der Waals surface area contributed by atoms with E-state index in [-0.39, 0.29) is 28.0 Å². The van der Waals surface area contributed by atoms with Crippen LogP contribution in [-0.4, -0.2) is 22.8 Å². The average molecular weight is 402 g/mol. The summed E-state index contributed by atoms with van der Waals surface area (Å²) in [6, 6.07) is 10.7. The molecule has 0 aliphatic rings. The Bertz CT molecular complexity index is 861. The molecular weight excluding hydrogens is 378 g/mol. The number of carboxylic acids is 1. The second kappa shape index (κ2) is 10.0. The normalized spacial score (nSPS) is 11.7. The highest BCUT2D eigenvalue weighted by molar-refractivity contribution is 6.31. The number of ketones is 1. The number of carbonyl (C=O) groups is 3. The first-order valence-electron chi connectivity index (χ1n) is 9.35. The van der Waals surface area contributed by atoms with Crippen LogP contribution in [0.5, 0.6) is 0 Å². The summed E-state index contributed by atoms with van der Waals surface area (Å²) >= 11 is 5.82. The fourth-order valence-electron chi connectivity index (χ4n) is 2.99. The maximum atomic E-state index is 12.6. The summed E-state index contributed by atoms with van der Waals surface area (Å²) in [5.41, 5.74) is 0.990. The number of hydrogen-bond acceptors (Lipinski definition) is 3. The maximum absolute atomic E-state index is 12.6. The van der Waals surface area contributed by atoms with Crippen LogP contribution in [-0.2, 0) is 0 Å². The Morgan fingerprint density at radius 1 is 1.04 bits per heavy atom. The molecule has 2 N–H and O–H groups in total. The Balaban J connectivity index is 2.14. The molecule has 0 bridgehead atoms. The standard InChI is InChI=1S/C22H24ClNO4/c1-3-5-6-14(4-2)20(25)15-7-9-16(10-8-15)21(26)24-19-12-11-17(23)13-18(19)22(27)28/h7-14H,3-6H2,1-2H3,(H,24,26)(H,27,28). The van der Waals surface area contributed by atoms with Gasteiger partial charge in [0, 0.05) is 22.1 Å². The lowest BCUT2D eigenvalue weighted by Gasteiger charge is -2.13. The predicted octanol–water partition coefficient (Wildman–Crippen LogP) is 5.69. The van der Waals surface area contributed by atoms with E-state index in [1.165, 1.54) is 18.2 Å². The number of rotatable bonds is 9. The molecule has 0 saturated heterocycles.